The van der Waals surface area contributed by atoms with Gasteiger partial charge in [0.25, 0.3) is 0 Å². The van der Waals surface area contributed by atoms with Crippen LogP contribution in [-0.2, 0) is 12.3 Å². The summed E-state index contributed by atoms with van der Waals surface area (Å²) in [5.41, 5.74) is 2.80. The standard InChI is InChI=1S/C17H19N3S/c1-2-9-19-12-14-5-7-16(8-6-14)21-13-15-4-3-10-20-17(15)11-18/h3-8,10,19H,2,9,12-13H2,1H3. The number of nitrogens with one attached hydrogen (secondary N) is 1. The smallest absolute Gasteiger partial charge is 0.144 e. The molecule has 1 aromatic heterocycles. The van der Waals surface area contributed by atoms with Crippen molar-refractivity contribution in [2.45, 2.75) is 30.5 Å². The summed E-state index contributed by atoms with van der Waals surface area (Å²) < 4.78 is 0. The molecule has 0 fully saturated rings. The van der Waals surface area contributed by atoms with Crippen LogP contribution in [0.5, 0.6) is 0 Å². The SMILES string of the molecule is CCCNCc1ccc(SCc2cccnc2C#N)cc1. The minimum absolute atomic E-state index is 0.519. The molecule has 0 aliphatic carbocycles. The molecule has 0 saturated carbocycles. The van der Waals surface area contributed by atoms with Gasteiger partial charge in [0.15, 0.2) is 0 Å². The number of nitrogens with zero attached hydrogens (tertiary/aromatic N) is 2. The van der Waals surface area contributed by atoms with Gasteiger partial charge in [-0.2, -0.15) is 5.26 Å². The van der Waals surface area contributed by atoms with E-state index in [4.69, 9.17) is 5.26 Å². The van der Waals surface area contributed by atoms with E-state index in [1.807, 2.05) is 12.1 Å². The minimum Gasteiger partial charge on any atom is -0.313 e. The molecule has 4 heteroatoms. The van der Waals surface area contributed by atoms with Crippen molar-refractivity contribution in [3.05, 3.63) is 59.4 Å². The highest BCUT2D eigenvalue weighted by Gasteiger charge is 2.03. The van der Waals surface area contributed by atoms with Gasteiger partial charge in [-0.1, -0.05) is 25.1 Å². The number of pyridine rings is 1. The molecule has 0 aliphatic rings. The molecule has 0 atom stereocenters. The summed E-state index contributed by atoms with van der Waals surface area (Å²) in [6.45, 7) is 4.13. The zero-order valence-electron chi connectivity index (χ0n) is 12.2. The summed E-state index contributed by atoms with van der Waals surface area (Å²) in [7, 11) is 0. The number of nitriles is 1. The quantitative estimate of drug-likeness (QED) is 0.624. The highest BCUT2D eigenvalue weighted by Crippen LogP contribution is 2.24. The number of aromatic nitrogens is 1. The topological polar surface area (TPSA) is 48.7 Å². The first-order valence-corrected chi connectivity index (χ1v) is 8.08. The van der Waals surface area contributed by atoms with E-state index in [1.54, 1.807) is 18.0 Å². The second kappa shape index (κ2) is 8.46. The van der Waals surface area contributed by atoms with E-state index in [0.717, 1.165) is 30.8 Å². The molecule has 0 aliphatic heterocycles. The Morgan fingerprint density at radius 1 is 1.24 bits per heavy atom. The van der Waals surface area contributed by atoms with E-state index < -0.39 is 0 Å². The Morgan fingerprint density at radius 3 is 2.76 bits per heavy atom. The van der Waals surface area contributed by atoms with Crippen molar-refractivity contribution in [3.8, 4) is 6.07 Å². The fourth-order valence-electron chi connectivity index (χ4n) is 1.93. The lowest BCUT2D eigenvalue weighted by atomic mass is 10.2. The van der Waals surface area contributed by atoms with Crippen LogP contribution >= 0.6 is 11.8 Å². The van der Waals surface area contributed by atoms with E-state index in [1.165, 1.54) is 10.5 Å². The van der Waals surface area contributed by atoms with Gasteiger partial charge in [0.1, 0.15) is 11.8 Å². The van der Waals surface area contributed by atoms with Crippen molar-refractivity contribution in [1.29, 1.82) is 5.26 Å². The number of thioether (sulfide) groups is 1. The summed E-state index contributed by atoms with van der Waals surface area (Å²) in [5.74, 6) is 0.768. The van der Waals surface area contributed by atoms with Crippen LogP contribution in [0.1, 0.15) is 30.2 Å². The van der Waals surface area contributed by atoms with Crippen LogP contribution in [-0.4, -0.2) is 11.5 Å². The maximum Gasteiger partial charge on any atom is 0.144 e. The van der Waals surface area contributed by atoms with Crippen molar-refractivity contribution in [1.82, 2.24) is 10.3 Å². The van der Waals surface area contributed by atoms with Crippen LogP contribution in [0, 0.1) is 11.3 Å². The lowest BCUT2D eigenvalue weighted by Crippen LogP contribution is -2.13. The van der Waals surface area contributed by atoms with Gasteiger partial charge in [0.2, 0.25) is 0 Å². The van der Waals surface area contributed by atoms with Gasteiger partial charge in [-0.3, -0.25) is 0 Å². The molecular formula is C17H19N3S. The Balaban J connectivity index is 1.90. The zero-order chi connectivity index (χ0) is 14.9. The summed E-state index contributed by atoms with van der Waals surface area (Å²) in [6, 6.07) is 14.5. The van der Waals surface area contributed by atoms with Gasteiger partial charge < -0.3 is 5.32 Å². The first kappa shape index (κ1) is 15.6. The number of rotatable bonds is 7. The van der Waals surface area contributed by atoms with Gasteiger partial charge >= 0.3 is 0 Å². The van der Waals surface area contributed by atoms with E-state index in [-0.39, 0.29) is 0 Å². The molecule has 1 N–H and O–H groups in total. The predicted octanol–water partition coefficient (Wildman–Crippen LogP) is 3.75. The molecule has 0 spiro atoms. The van der Waals surface area contributed by atoms with Gasteiger partial charge in [-0.15, -0.1) is 11.8 Å². The fourth-order valence-corrected chi connectivity index (χ4v) is 2.81. The molecule has 108 valence electrons. The third-order valence-electron chi connectivity index (χ3n) is 3.07. The summed E-state index contributed by atoms with van der Waals surface area (Å²) in [5, 5.41) is 12.4. The third kappa shape index (κ3) is 4.89. The van der Waals surface area contributed by atoms with Gasteiger partial charge in [-0.25, -0.2) is 4.98 Å². The number of hydrogen-bond acceptors (Lipinski definition) is 4. The second-order valence-corrected chi connectivity index (χ2v) is 5.78. The second-order valence-electron chi connectivity index (χ2n) is 4.73. The fraction of sp³-hybridized carbons (Fsp3) is 0.294. The third-order valence-corrected chi connectivity index (χ3v) is 4.13. The van der Waals surface area contributed by atoms with Crippen LogP contribution in [0.25, 0.3) is 0 Å². The van der Waals surface area contributed by atoms with Gasteiger partial charge in [0.05, 0.1) is 0 Å². The first-order valence-electron chi connectivity index (χ1n) is 7.10. The molecule has 2 aromatic rings. The summed E-state index contributed by atoms with van der Waals surface area (Å²) in [6.07, 6.45) is 2.81. The Morgan fingerprint density at radius 2 is 2.05 bits per heavy atom. The molecular weight excluding hydrogens is 278 g/mol. The molecule has 1 heterocycles. The lowest BCUT2D eigenvalue weighted by Gasteiger charge is -2.06. The maximum atomic E-state index is 9.03. The largest absolute Gasteiger partial charge is 0.313 e. The average Bonchev–Trinajstić information content (AvgIpc) is 2.54. The lowest BCUT2D eigenvalue weighted by molar-refractivity contribution is 0.675. The van der Waals surface area contributed by atoms with Crippen LogP contribution in [0.4, 0.5) is 0 Å². The molecule has 0 radical (unpaired) electrons. The van der Waals surface area contributed by atoms with Gasteiger partial charge in [-0.05, 0) is 42.3 Å². The van der Waals surface area contributed by atoms with E-state index in [9.17, 15) is 0 Å². The molecule has 3 nitrogen and oxygen atoms in total. The van der Waals surface area contributed by atoms with E-state index in [0.29, 0.717) is 5.69 Å². The average molecular weight is 297 g/mol. The Kier molecular flexibility index (Phi) is 6.26. The summed E-state index contributed by atoms with van der Waals surface area (Å²) in [4.78, 5) is 5.29. The number of hydrogen-bond donors (Lipinski definition) is 1. The molecule has 0 bridgehead atoms. The maximum absolute atomic E-state index is 9.03. The Labute approximate surface area is 130 Å². The Bertz CT molecular complexity index is 602. The van der Waals surface area contributed by atoms with Crippen molar-refractivity contribution >= 4 is 11.8 Å². The van der Waals surface area contributed by atoms with Crippen molar-refractivity contribution in [2.75, 3.05) is 6.54 Å². The van der Waals surface area contributed by atoms with E-state index in [2.05, 4.69) is 47.6 Å². The van der Waals surface area contributed by atoms with Crippen molar-refractivity contribution < 1.29 is 0 Å². The molecule has 0 amide bonds. The normalized spacial score (nSPS) is 10.3. The van der Waals surface area contributed by atoms with Crippen LogP contribution in [0.2, 0.25) is 0 Å². The highest BCUT2D eigenvalue weighted by atomic mass is 32.2. The zero-order valence-corrected chi connectivity index (χ0v) is 13.0. The van der Waals surface area contributed by atoms with Crippen molar-refractivity contribution in [3.63, 3.8) is 0 Å². The Hall–Kier alpha value is -1.83. The minimum atomic E-state index is 0.519. The number of benzene rings is 1. The van der Waals surface area contributed by atoms with Gasteiger partial charge in [0, 0.05) is 23.4 Å². The molecule has 0 unspecified atom stereocenters. The molecule has 1 aromatic carbocycles. The van der Waals surface area contributed by atoms with Crippen LogP contribution in [0.3, 0.4) is 0 Å². The summed E-state index contributed by atoms with van der Waals surface area (Å²) >= 11 is 1.73. The molecule has 21 heavy (non-hydrogen) atoms. The predicted molar refractivity (Wildman–Crippen MR) is 87.0 cm³/mol. The highest BCUT2D eigenvalue weighted by molar-refractivity contribution is 7.98. The van der Waals surface area contributed by atoms with Crippen molar-refractivity contribution in [2.24, 2.45) is 0 Å². The monoisotopic (exact) mass is 297 g/mol. The first-order chi connectivity index (χ1) is 10.3. The van der Waals surface area contributed by atoms with Crippen LogP contribution < -0.4 is 5.32 Å². The molecule has 2 rings (SSSR count). The van der Waals surface area contributed by atoms with Crippen LogP contribution in [0.15, 0.2) is 47.5 Å². The van der Waals surface area contributed by atoms with E-state index >= 15 is 0 Å². The molecule has 0 saturated heterocycles.